The Kier molecular flexibility index (Phi) is 7.29. The first-order valence-electron chi connectivity index (χ1n) is 9.20. The highest BCUT2D eigenvalue weighted by atomic mass is 35.5. The molecule has 0 heterocycles. The Morgan fingerprint density at radius 3 is 2.31 bits per heavy atom. The van der Waals surface area contributed by atoms with Gasteiger partial charge < -0.3 is 14.2 Å². The minimum Gasteiger partial charge on any atom is -0.492 e. The number of nitro benzene ring substituents is 1. The number of non-ortho nitro benzene ring substituents is 1. The molecular formula is C21H17ClN2O7S. The Labute approximate surface area is 188 Å². The molecule has 0 aliphatic rings. The fraction of sp³-hybridized carbons (Fsp3) is 0.0952. The predicted molar refractivity (Wildman–Crippen MR) is 117 cm³/mol. The molecule has 32 heavy (non-hydrogen) atoms. The number of carbonyl (C=O) groups excluding carboxylic acids is 1. The standard InChI is InChI=1S/C21H17ClN2O7S/c22-16-6-10-18(11-7-16)30-13-12-23-21(25)15-4-8-19(9-5-15)31-32(28,29)20-3-1-2-17(14-20)24(26)27/h1-11,14H,12-13H2,(H,23,25). The van der Waals surface area contributed by atoms with Gasteiger partial charge in [0.25, 0.3) is 11.6 Å². The number of nitrogens with zero attached hydrogens (tertiary/aromatic N) is 1. The van der Waals surface area contributed by atoms with Gasteiger partial charge in [0.2, 0.25) is 0 Å². The molecule has 0 atom stereocenters. The monoisotopic (exact) mass is 476 g/mol. The summed E-state index contributed by atoms with van der Waals surface area (Å²) in [6.45, 7) is 0.497. The third-order valence-corrected chi connectivity index (χ3v) is 5.60. The molecule has 9 nitrogen and oxygen atoms in total. The molecule has 3 aromatic rings. The van der Waals surface area contributed by atoms with E-state index in [1.807, 2.05) is 0 Å². The zero-order chi connectivity index (χ0) is 23.1. The minimum absolute atomic E-state index is 0.0425. The summed E-state index contributed by atoms with van der Waals surface area (Å²) in [4.78, 5) is 22.0. The highest BCUT2D eigenvalue weighted by Crippen LogP contribution is 2.22. The maximum atomic E-state index is 12.4. The largest absolute Gasteiger partial charge is 0.492 e. The number of nitrogens with one attached hydrogen (secondary N) is 1. The van der Waals surface area contributed by atoms with Gasteiger partial charge in [-0.15, -0.1) is 0 Å². The lowest BCUT2D eigenvalue weighted by molar-refractivity contribution is -0.385. The molecule has 1 N–H and O–H groups in total. The second-order valence-corrected chi connectivity index (χ2v) is 8.36. The van der Waals surface area contributed by atoms with Gasteiger partial charge in [0, 0.05) is 22.7 Å². The maximum Gasteiger partial charge on any atom is 0.339 e. The number of nitro groups is 1. The van der Waals surface area contributed by atoms with E-state index in [9.17, 15) is 23.3 Å². The normalized spacial score (nSPS) is 10.9. The highest BCUT2D eigenvalue weighted by molar-refractivity contribution is 7.87. The number of rotatable bonds is 9. The van der Waals surface area contributed by atoms with Crippen LogP contribution < -0.4 is 14.2 Å². The van der Waals surface area contributed by atoms with Crippen LogP contribution in [0.25, 0.3) is 0 Å². The van der Waals surface area contributed by atoms with Crippen molar-refractivity contribution in [2.24, 2.45) is 0 Å². The number of hydrogen-bond acceptors (Lipinski definition) is 7. The molecule has 0 spiro atoms. The van der Waals surface area contributed by atoms with E-state index in [-0.39, 0.29) is 41.0 Å². The molecule has 0 saturated heterocycles. The fourth-order valence-corrected chi connectivity index (χ4v) is 3.65. The topological polar surface area (TPSA) is 125 Å². The van der Waals surface area contributed by atoms with Crippen LogP contribution in [0.15, 0.2) is 77.7 Å². The lowest BCUT2D eigenvalue weighted by Crippen LogP contribution is -2.28. The average molecular weight is 477 g/mol. The van der Waals surface area contributed by atoms with E-state index >= 15 is 0 Å². The molecule has 3 aromatic carbocycles. The van der Waals surface area contributed by atoms with Gasteiger partial charge in [-0.3, -0.25) is 14.9 Å². The molecule has 0 aliphatic carbocycles. The van der Waals surface area contributed by atoms with Gasteiger partial charge in [-0.2, -0.15) is 8.42 Å². The molecule has 166 valence electrons. The van der Waals surface area contributed by atoms with E-state index < -0.39 is 15.0 Å². The van der Waals surface area contributed by atoms with Crippen molar-refractivity contribution < 1.29 is 27.1 Å². The van der Waals surface area contributed by atoms with E-state index in [1.54, 1.807) is 24.3 Å². The number of benzene rings is 3. The molecule has 11 heteroatoms. The number of carbonyl (C=O) groups is 1. The summed E-state index contributed by atoms with van der Waals surface area (Å²) >= 11 is 5.80. The number of halogens is 1. The van der Waals surface area contributed by atoms with E-state index in [1.165, 1.54) is 42.5 Å². The van der Waals surface area contributed by atoms with Crippen LogP contribution in [0.3, 0.4) is 0 Å². The average Bonchev–Trinajstić information content (AvgIpc) is 2.78. The molecule has 0 saturated carbocycles. The summed E-state index contributed by atoms with van der Waals surface area (Å²) < 4.78 is 35.2. The number of amides is 1. The van der Waals surface area contributed by atoms with Crippen LogP contribution in [0.5, 0.6) is 11.5 Å². The van der Waals surface area contributed by atoms with Crippen LogP contribution in [0.1, 0.15) is 10.4 Å². The number of hydrogen-bond donors (Lipinski definition) is 1. The quantitative estimate of drug-likeness (QED) is 0.215. The molecule has 0 aromatic heterocycles. The summed E-state index contributed by atoms with van der Waals surface area (Å²) in [6.07, 6.45) is 0. The third kappa shape index (κ3) is 6.19. The van der Waals surface area contributed by atoms with Gasteiger partial charge in [0.15, 0.2) is 0 Å². The second kappa shape index (κ2) is 10.1. The summed E-state index contributed by atoms with van der Waals surface area (Å²) in [5, 5.41) is 14.1. The highest BCUT2D eigenvalue weighted by Gasteiger charge is 2.20. The summed E-state index contributed by atoms with van der Waals surface area (Å²) in [5.74, 6) is 0.201. The Morgan fingerprint density at radius 2 is 1.66 bits per heavy atom. The molecule has 3 rings (SSSR count). The molecule has 1 amide bonds. The van der Waals surface area contributed by atoms with Gasteiger partial charge in [0.05, 0.1) is 11.5 Å². The van der Waals surface area contributed by atoms with Crippen LogP contribution in [-0.2, 0) is 10.1 Å². The van der Waals surface area contributed by atoms with E-state index in [4.69, 9.17) is 20.5 Å². The third-order valence-electron chi connectivity index (χ3n) is 4.11. The van der Waals surface area contributed by atoms with Crippen LogP contribution in [0.4, 0.5) is 5.69 Å². The molecule has 0 fully saturated rings. The first kappa shape index (κ1) is 23.0. The smallest absolute Gasteiger partial charge is 0.339 e. The lowest BCUT2D eigenvalue weighted by atomic mass is 10.2. The van der Waals surface area contributed by atoms with Crippen LogP contribution in [0.2, 0.25) is 5.02 Å². The van der Waals surface area contributed by atoms with Crippen molar-refractivity contribution in [1.82, 2.24) is 5.32 Å². The van der Waals surface area contributed by atoms with Crippen LogP contribution in [-0.4, -0.2) is 32.4 Å². The molecule has 0 unspecified atom stereocenters. The zero-order valence-electron chi connectivity index (χ0n) is 16.4. The summed E-state index contributed by atoms with van der Waals surface area (Å²) in [6, 6.07) is 16.8. The molecule has 0 aliphatic heterocycles. The van der Waals surface area contributed by atoms with Gasteiger partial charge >= 0.3 is 10.1 Å². The van der Waals surface area contributed by atoms with Gasteiger partial charge in [-0.25, -0.2) is 0 Å². The van der Waals surface area contributed by atoms with Crippen molar-refractivity contribution in [3.63, 3.8) is 0 Å². The zero-order valence-corrected chi connectivity index (χ0v) is 18.0. The van der Waals surface area contributed by atoms with Crippen molar-refractivity contribution in [1.29, 1.82) is 0 Å². The maximum absolute atomic E-state index is 12.4. The van der Waals surface area contributed by atoms with E-state index in [2.05, 4.69) is 5.32 Å². The van der Waals surface area contributed by atoms with Crippen molar-refractivity contribution in [2.75, 3.05) is 13.2 Å². The fourth-order valence-electron chi connectivity index (χ4n) is 2.56. The molecule has 0 radical (unpaired) electrons. The van der Waals surface area contributed by atoms with Gasteiger partial charge in [-0.1, -0.05) is 17.7 Å². The Bertz CT molecular complexity index is 1210. The van der Waals surface area contributed by atoms with Gasteiger partial charge in [-0.05, 0) is 54.6 Å². The van der Waals surface area contributed by atoms with E-state index in [0.29, 0.717) is 10.8 Å². The number of ether oxygens (including phenoxy) is 1. The van der Waals surface area contributed by atoms with Crippen molar-refractivity contribution in [2.45, 2.75) is 4.90 Å². The summed E-state index contributed by atoms with van der Waals surface area (Å²) in [5.41, 5.74) is -0.0849. The van der Waals surface area contributed by atoms with Crippen molar-refractivity contribution in [3.05, 3.63) is 93.5 Å². The SMILES string of the molecule is O=C(NCCOc1ccc(Cl)cc1)c1ccc(OS(=O)(=O)c2cccc([N+](=O)[O-])c2)cc1. The van der Waals surface area contributed by atoms with E-state index in [0.717, 1.165) is 6.07 Å². The predicted octanol–water partition coefficient (Wildman–Crippen LogP) is 3.82. The summed E-state index contributed by atoms with van der Waals surface area (Å²) in [7, 11) is -4.28. The first-order chi connectivity index (χ1) is 15.2. The van der Waals surface area contributed by atoms with Gasteiger partial charge in [0.1, 0.15) is 23.0 Å². The second-order valence-electron chi connectivity index (χ2n) is 6.37. The van der Waals surface area contributed by atoms with Crippen molar-refractivity contribution in [3.8, 4) is 11.5 Å². The first-order valence-corrected chi connectivity index (χ1v) is 11.0. The van der Waals surface area contributed by atoms with Crippen LogP contribution >= 0.6 is 11.6 Å². The Balaban J connectivity index is 1.54. The Morgan fingerprint density at radius 1 is 1.00 bits per heavy atom. The lowest BCUT2D eigenvalue weighted by Gasteiger charge is -2.09. The molecular weight excluding hydrogens is 460 g/mol. The van der Waals surface area contributed by atoms with Crippen molar-refractivity contribution >= 4 is 33.3 Å². The minimum atomic E-state index is -4.28. The van der Waals surface area contributed by atoms with Crippen LogP contribution in [0, 0.1) is 10.1 Å². The molecule has 0 bridgehead atoms. The Hall–Kier alpha value is -3.63.